The highest BCUT2D eigenvalue weighted by molar-refractivity contribution is 5.08. The van der Waals surface area contributed by atoms with E-state index in [9.17, 15) is 0 Å². The molecule has 0 aromatic rings. The summed E-state index contributed by atoms with van der Waals surface area (Å²) in [6, 6.07) is 1.70. The van der Waals surface area contributed by atoms with Gasteiger partial charge in [0.05, 0.1) is 31.3 Å². The number of nitrogens with one attached hydrogen (secondary N) is 1. The van der Waals surface area contributed by atoms with E-state index in [0.717, 1.165) is 18.0 Å². The zero-order valence-electron chi connectivity index (χ0n) is 15.9. The van der Waals surface area contributed by atoms with Crippen molar-refractivity contribution in [2.24, 2.45) is 11.3 Å². The summed E-state index contributed by atoms with van der Waals surface area (Å²) in [6.45, 7) is 4.13. The molecule has 1 aliphatic carbocycles. The summed E-state index contributed by atoms with van der Waals surface area (Å²) < 4.78 is 11.6. The Morgan fingerprint density at radius 1 is 0.958 bits per heavy atom. The first-order valence-corrected chi connectivity index (χ1v) is 10.3. The predicted molar refractivity (Wildman–Crippen MR) is 95.4 cm³/mol. The Kier molecular flexibility index (Phi) is 4.94. The van der Waals surface area contributed by atoms with Gasteiger partial charge in [-0.25, -0.2) is 0 Å². The molecule has 4 nitrogen and oxygen atoms in total. The van der Waals surface area contributed by atoms with Crippen molar-refractivity contribution in [3.8, 4) is 0 Å². The normalized spacial score (nSPS) is 49.6. The average Bonchev–Trinajstić information content (AvgIpc) is 2.99. The van der Waals surface area contributed by atoms with Gasteiger partial charge in [-0.3, -0.25) is 4.90 Å². The number of methoxy groups -OCH3 is 2. The molecule has 0 aromatic heterocycles. The molecule has 3 heterocycles. The van der Waals surface area contributed by atoms with Gasteiger partial charge in [0.1, 0.15) is 6.04 Å². The quantitative estimate of drug-likeness (QED) is 0.842. The van der Waals surface area contributed by atoms with Crippen LogP contribution in [0.3, 0.4) is 0 Å². The SMILES string of the molecule is COC1CCC(C23CCN(C)C2C2CCCC[NH+]2CC3)CC1OC. The Balaban J connectivity index is 1.58. The van der Waals surface area contributed by atoms with E-state index in [1.165, 1.54) is 71.0 Å². The van der Waals surface area contributed by atoms with Crippen LogP contribution in [0.25, 0.3) is 0 Å². The van der Waals surface area contributed by atoms with Crippen LogP contribution in [0, 0.1) is 11.3 Å². The minimum absolute atomic E-state index is 0.298. The second-order valence-electron chi connectivity index (χ2n) is 8.98. The summed E-state index contributed by atoms with van der Waals surface area (Å²) in [4.78, 5) is 4.66. The number of piperidine rings is 2. The molecule has 7 atom stereocenters. The summed E-state index contributed by atoms with van der Waals surface area (Å²) in [7, 11) is 6.13. The van der Waals surface area contributed by atoms with Crippen molar-refractivity contribution >= 4 is 0 Å². The molecule has 4 aliphatic rings. The number of fused-ring (bicyclic) bond motifs is 3. The summed E-state index contributed by atoms with van der Waals surface area (Å²) in [5.41, 5.74) is 0.551. The van der Waals surface area contributed by atoms with Gasteiger partial charge >= 0.3 is 0 Å². The number of nitrogens with zero attached hydrogens (tertiary/aromatic N) is 1. The van der Waals surface area contributed by atoms with Crippen molar-refractivity contribution in [3.05, 3.63) is 0 Å². The van der Waals surface area contributed by atoms with Gasteiger partial charge in [-0.15, -0.1) is 0 Å². The fourth-order valence-electron chi connectivity index (χ4n) is 7.07. The van der Waals surface area contributed by atoms with Gasteiger partial charge in [-0.05, 0) is 58.0 Å². The van der Waals surface area contributed by atoms with Gasteiger partial charge < -0.3 is 14.4 Å². The van der Waals surface area contributed by atoms with Crippen molar-refractivity contribution in [3.63, 3.8) is 0 Å². The van der Waals surface area contributed by atoms with Gasteiger partial charge in [0, 0.05) is 32.5 Å². The summed E-state index contributed by atoms with van der Waals surface area (Å²) in [5.74, 6) is 0.826. The molecule has 0 aromatic carbocycles. The first-order valence-electron chi connectivity index (χ1n) is 10.3. The van der Waals surface area contributed by atoms with E-state index in [1.54, 1.807) is 0 Å². The second kappa shape index (κ2) is 6.86. The van der Waals surface area contributed by atoms with Gasteiger partial charge in [-0.2, -0.15) is 0 Å². The van der Waals surface area contributed by atoms with Crippen LogP contribution >= 0.6 is 0 Å². The first kappa shape index (κ1) is 17.3. The molecule has 4 heteroatoms. The summed E-state index contributed by atoms with van der Waals surface area (Å²) in [5, 5.41) is 0. The number of likely N-dealkylation sites (N-methyl/N-ethyl adjacent to an activating group) is 1. The Morgan fingerprint density at radius 3 is 2.58 bits per heavy atom. The molecule has 3 aliphatic heterocycles. The third kappa shape index (κ3) is 2.65. The lowest BCUT2D eigenvalue weighted by atomic mass is 9.58. The van der Waals surface area contributed by atoms with Crippen LogP contribution < -0.4 is 4.90 Å². The van der Waals surface area contributed by atoms with Crippen LogP contribution in [0.5, 0.6) is 0 Å². The number of hydrogen-bond donors (Lipinski definition) is 1. The molecule has 0 bridgehead atoms. The van der Waals surface area contributed by atoms with Crippen molar-refractivity contribution in [2.45, 2.75) is 75.7 Å². The van der Waals surface area contributed by atoms with E-state index >= 15 is 0 Å². The maximum absolute atomic E-state index is 5.85. The molecule has 138 valence electrons. The molecule has 0 spiro atoms. The van der Waals surface area contributed by atoms with Crippen molar-refractivity contribution in [2.75, 3.05) is 40.9 Å². The number of hydrogen-bond acceptors (Lipinski definition) is 3. The van der Waals surface area contributed by atoms with Crippen molar-refractivity contribution < 1.29 is 14.4 Å². The van der Waals surface area contributed by atoms with Gasteiger partial charge in [0.2, 0.25) is 0 Å². The summed E-state index contributed by atoms with van der Waals surface area (Å²) >= 11 is 0. The Labute approximate surface area is 147 Å². The highest BCUT2D eigenvalue weighted by atomic mass is 16.5. The third-order valence-electron chi connectivity index (χ3n) is 8.22. The molecule has 24 heavy (non-hydrogen) atoms. The Hall–Kier alpha value is -0.160. The lowest BCUT2D eigenvalue weighted by molar-refractivity contribution is -0.940. The molecule has 7 unspecified atom stereocenters. The zero-order chi connectivity index (χ0) is 16.7. The number of likely N-dealkylation sites (tertiary alicyclic amines) is 1. The van der Waals surface area contributed by atoms with E-state index in [-0.39, 0.29) is 0 Å². The molecule has 4 fully saturated rings. The van der Waals surface area contributed by atoms with Crippen LogP contribution in [-0.2, 0) is 9.47 Å². The average molecular weight is 338 g/mol. The van der Waals surface area contributed by atoms with Gasteiger partial charge in [-0.1, -0.05) is 0 Å². The van der Waals surface area contributed by atoms with Crippen LogP contribution in [0.4, 0.5) is 0 Å². The topological polar surface area (TPSA) is 26.1 Å². The maximum atomic E-state index is 5.85. The number of quaternary nitrogens is 1. The minimum Gasteiger partial charge on any atom is -0.379 e. The smallest absolute Gasteiger partial charge is 0.104 e. The largest absolute Gasteiger partial charge is 0.379 e. The van der Waals surface area contributed by atoms with Gasteiger partial charge in [0.25, 0.3) is 0 Å². The zero-order valence-corrected chi connectivity index (χ0v) is 15.9. The lowest BCUT2D eigenvalue weighted by Gasteiger charge is -2.55. The fourth-order valence-corrected chi connectivity index (χ4v) is 7.07. The van der Waals surface area contributed by atoms with E-state index < -0.39 is 0 Å². The van der Waals surface area contributed by atoms with Crippen LogP contribution in [0.1, 0.15) is 51.4 Å². The molecule has 0 amide bonds. The van der Waals surface area contributed by atoms with E-state index in [1.807, 2.05) is 19.1 Å². The summed E-state index contributed by atoms with van der Waals surface area (Å²) in [6.07, 6.45) is 11.5. The molecule has 4 rings (SSSR count). The monoisotopic (exact) mass is 337 g/mol. The van der Waals surface area contributed by atoms with Crippen LogP contribution in [0.15, 0.2) is 0 Å². The lowest BCUT2D eigenvalue weighted by Crippen LogP contribution is -3.19. The van der Waals surface area contributed by atoms with Crippen LogP contribution in [0.2, 0.25) is 0 Å². The first-order chi connectivity index (χ1) is 11.7. The molecular weight excluding hydrogens is 300 g/mol. The van der Waals surface area contributed by atoms with E-state index in [4.69, 9.17) is 9.47 Å². The second-order valence-corrected chi connectivity index (χ2v) is 8.98. The Morgan fingerprint density at radius 2 is 1.79 bits per heavy atom. The standard InChI is InChI=1S/C20H36N2O2/c1-21-12-9-20(15-7-8-17(23-2)18(14-15)24-3)10-13-22-11-5-4-6-16(22)19(20)21/h15-19H,4-14H2,1-3H3/p+1. The van der Waals surface area contributed by atoms with Gasteiger partial charge in [0.15, 0.2) is 0 Å². The molecule has 1 saturated carbocycles. The highest BCUT2D eigenvalue weighted by Gasteiger charge is 2.60. The third-order valence-corrected chi connectivity index (χ3v) is 8.22. The number of rotatable bonds is 3. The van der Waals surface area contributed by atoms with E-state index in [2.05, 4.69) is 11.9 Å². The highest BCUT2D eigenvalue weighted by Crippen LogP contribution is 2.53. The molecule has 0 radical (unpaired) electrons. The predicted octanol–water partition coefficient (Wildman–Crippen LogP) is 1.35. The van der Waals surface area contributed by atoms with Crippen molar-refractivity contribution in [1.82, 2.24) is 4.90 Å². The minimum atomic E-state index is 0.298. The Bertz CT molecular complexity index is 445. The number of ether oxygens (including phenoxy) is 2. The van der Waals surface area contributed by atoms with Crippen LogP contribution in [-0.4, -0.2) is 70.1 Å². The van der Waals surface area contributed by atoms with E-state index in [0.29, 0.717) is 17.6 Å². The maximum Gasteiger partial charge on any atom is 0.104 e. The van der Waals surface area contributed by atoms with Crippen molar-refractivity contribution in [1.29, 1.82) is 0 Å². The molecular formula is C20H37N2O2+. The molecule has 1 N–H and O–H groups in total. The fraction of sp³-hybridized carbons (Fsp3) is 1.00. The molecule has 3 saturated heterocycles.